The van der Waals surface area contributed by atoms with E-state index in [4.69, 9.17) is 4.74 Å². The van der Waals surface area contributed by atoms with Gasteiger partial charge in [-0.3, -0.25) is 4.98 Å². The summed E-state index contributed by atoms with van der Waals surface area (Å²) < 4.78 is 29.9. The molecule has 0 radical (unpaired) electrons. The summed E-state index contributed by atoms with van der Waals surface area (Å²) in [6, 6.07) is 0. The van der Waals surface area contributed by atoms with Crippen LogP contribution in [0.4, 0.5) is 8.78 Å². The van der Waals surface area contributed by atoms with Crippen LogP contribution in [0.25, 0.3) is 0 Å². The number of methoxy groups -OCH3 is 1. The third-order valence-electron chi connectivity index (χ3n) is 1.62. The number of rotatable bonds is 3. The Morgan fingerprint density at radius 1 is 1.54 bits per heavy atom. The number of halogens is 3. The fraction of sp³-hybridized carbons (Fsp3) is 0.375. The largest absolute Gasteiger partial charge is 0.495 e. The zero-order chi connectivity index (χ0) is 9.84. The fourth-order valence-corrected chi connectivity index (χ4v) is 1.46. The highest BCUT2D eigenvalue weighted by Gasteiger charge is 2.18. The summed E-state index contributed by atoms with van der Waals surface area (Å²) in [6.45, 7) is 0. The summed E-state index contributed by atoms with van der Waals surface area (Å²) in [5.41, 5.74) is 0.365. The summed E-state index contributed by atoms with van der Waals surface area (Å²) in [5, 5.41) is 0.344. The first kappa shape index (κ1) is 10.4. The summed E-state index contributed by atoms with van der Waals surface area (Å²) in [7, 11) is 1.35. The molecule has 5 heteroatoms. The van der Waals surface area contributed by atoms with Gasteiger partial charge < -0.3 is 4.74 Å². The Hall–Kier alpha value is -0.710. The second-order valence-corrected chi connectivity index (χ2v) is 2.91. The zero-order valence-corrected chi connectivity index (χ0v) is 8.51. The molecule has 0 N–H and O–H groups in total. The normalized spacial score (nSPS) is 10.5. The van der Waals surface area contributed by atoms with Gasteiger partial charge in [0.25, 0.3) is 6.43 Å². The molecule has 0 bridgehead atoms. The Morgan fingerprint density at radius 3 is 2.69 bits per heavy atom. The van der Waals surface area contributed by atoms with Crippen molar-refractivity contribution in [3.63, 3.8) is 0 Å². The minimum Gasteiger partial charge on any atom is -0.495 e. The molecule has 0 spiro atoms. The van der Waals surface area contributed by atoms with Crippen LogP contribution in [-0.2, 0) is 5.33 Å². The highest BCUT2D eigenvalue weighted by molar-refractivity contribution is 9.08. The van der Waals surface area contributed by atoms with Crippen LogP contribution < -0.4 is 4.74 Å². The molecule has 0 saturated carbocycles. The average molecular weight is 252 g/mol. The van der Waals surface area contributed by atoms with E-state index in [9.17, 15) is 8.78 Å². The maximum atomic E-state index is 12.5. The summed E-state index contributed by atoms with van der Waals surface area (Å²) in [6.07, 6.45) is 0.150. The van der Waals surface area contributed by atoms with Crippen LogP contribution in [0.5, 0.6) is 5.75 Å². The molecule has 1 heterocycles. The van der Waals surface area contributed by atoms with E-state index < -0.39 is 6.43 Å². The van der Waals surface area contributed by atoms with Crippen molar-refractivity contribution in [2.24, 2.45) is 0 Å². The van der Waals surface area contributed by atoms with E-state index in [0.717, 1.165) is 0 Å². The number of aromatic nitrogens is 1. The SMILES string of the molecule is COc1cncc(CBr)c1C(F)F. The van der Waals surface area contributed by atoms with Crippen LogP contribution in [0.3, 0.4) is 0 Å². The minimum atomic E-state index is -2.54. The molecule has 0 fully saturated rings. The van der Waals surface area contributed by atoms with Crippen molar-refractivity contribution < 1.29 is 13.5 Å². The van der Waals surface area contributed by atoms with Crippen LogP contribution in [-0.4, -0.2) is 12.1 Å². The lowest BCUT2D eigenvalue weighted by molar-refractivity contribution is 0.146. The molecule has 0 aromatic carbocycles. The van der Waals surface area contributed by atoms with Gasteiger partial charge in [-0.1, -0.05) is 15.9 Å². The predicted octanol–water partition coefficient (Wildman–Crippen LogP) is 2.92. The number of alkyl halides is 3. The quantitative estimate of drug-likeness (QED) is 0.771. The van der Waals surface area contributed by atoms with Gasteiger partial charge in [0.15, 0.2) is 0 Å². The maximum Gasteiger partial charge on any atom is 0.267 e. The van der Waals surface area contributed by atoms with Crippen LogP contribution in [0, 0.1) is 0 Å². The maximum absolute atomic E-state index is 12.5. The topological polar surface area (TPSA) is 22.1 Å². The smallest absolute Gasteiger partial charge is 0.267 e. The summed E-state index contributed by atoms with van der Waals surface area (Å²) in [4.78, 5) is 3.78. The molecule has 0 aliphatic rings. The Labute approximate surface area is 83.1 Å². The van der Waals surface area contributed by atoms with Gasteiger partial charge >= 0.3 is 0 Å². The molecular weight excluding hydrogens is 244 g/mol. The number of ether oxygens (including phenoxy) is 1. The van der Waals surface area contributed by atoms with Gasteiger partial charge in [-0.25, -0.2) is 8.78 Å². The lowest BCUT2D eigenvalue weighted by Gasteiger charge is -2.10. The molecule has 0 atom stereocenters. The molecule has 72 valence electrons. The van der Waals surface area contributed by atoms with Gasteiger partial charge in [0.1, 0.15) is 5.75 Å². The van der Waals surface area contributed by atoms with Gasteiger partial charge in [-0.2, -0.15) is 0 Å². The first-order valence-corrected chi connectivity index (χ1v) is 4.67. The molecule has 13 heavy (non-hydrogen) atoms. The van der Waals surface area contributed by atoms with Gasteiger partial charge in [0, 0.05) is 11.5 Å². The third-order valence-corrected chi connectivity index (χ3v) is 2.22. The predicted molar refractivity (Wildman–Crippen MR) is 48.4 cm³/mol. The van der Waals surface area contributed by atoms with Crippen molar-refractivity contribution in [2.75, 3.05) is 7.11 Å². The number of pyridine rings is 1. The first-order chi connectivity index (χ1) is 6.20. The van der Waals surface area contributed by atoms with Gasteiger partial charge in [-0.05, 0) is 5.56 Å². The molecule has 0 aliphatic heterocycles. The second kappa shape index (κ2) is 4.50. The first-order valence-electron chi connectivity index (χ1n) is 3.55. The van der Waals surface area contributed by atoms with Gasteiger partial charge in [0.05, 0.1) is 18.9 Å². The van der Waals surface area contributed by atoms with Crippen molar-refractivity contribution >= 4 is 15.9 Å². The number of hydrogen-bond acceptors (Lipinski definition) is 2. The van der Waals surface area contributed by atoms with E-state index in [1.807, 2.05) is 0 Å². The standard InChI is InChI=1S/C8H8BrF2NO/c1-13-6-4-12-3-5(2-9)7(6)8(10)11/h3-4,8H,2H2,1H3. The van der Waals surface area contributed by atoms with E-state index in [-0.39, 0.29) is 11.3 Å². The van der Waals surface area contributed by atoms with Crippen LogP contribution in [0.2, 0.25) is 0 Å². The van der Waals surface area contributed by atoms with E-state index in [2.05, 4.69) is 20.9 Å². The monoisotopic (exact) mass is 251 g/mol. The molecule has 1 aromatic rings. The zero-order valence-electron chi connectivity index (χ0n) is 6.93. The highest BCUT2D eigenvalue weighted by atomic mass is 79.9. The minimum absolute atomic E-state index is 0.0885. The molecule has 1 aromatic heterocycles. The van der Waals surface area contributed by atoms with Crippen LogP contribution in [0.1, 0.15) is 17.6 Å². The molecule has 0 aliphatic carbocycles. The number of hydrogen-bond donors (Lipinski definition) is 0. The Bertz CT molecular complexity index is 271. The Morgan fingerprint density at radius 2 is 2.23 bits per heavy atom. The van der Waals surface area contributed by atoms with Crippen molar-refractivity contribution in [3.05, 3.63) is 23.5 Å². The fourth-order valence-electron chi connectivity index (χ4n) is 1.01. The van der Waals surface area contributed by atoms with E-state index >= 15 is 0 Å². The number of nitrogens with zero attached hydrogens (tertiary/aromatic N) is 1. The summed E-state index contributed by atoms with van der Waals surface area (Å²) in [5.74, 6) is 0.131. The highest BCUT2D eigenvalue weighted by Crippen LogP contribution is 2.31. The molecule has 2 nitrogen and oxygen atoms in total. The molecule has 0 saturated heterocycles. The Kier molecular flexibility index (Phi) is 3.59. The van der Waals surface area contributed by atoms with Crippen LogP contribution in [0.15, 0.2) is 12.4 Å². The lowest BCUT2D eigenvalue weighted by atomic mass is 10.1. The second-order valence-electron chi connectivity index (χ2n) is 2.35. The Balaban J connectivity index is 3.21. The molecule has 0 unspecified atom stereocenters. The van der Waals surface area contributed by atoms with E-state index in [0.29, 0.717) is 10.9 Å². The molecule has 1 rings (SSSR count). The molecular formula is C8H8BrF2NO. The van der Waals surface area contributed by atoms with Crippen LogP contribution >= 0.6 is 15.9 Å². The van der Waals surface area contributed by atoms with E-state index in [1.54, 1.807) is 0 Å². The van der Waals surface area contributed by atoms with Crippen molar-refractivity contribution in [1.82, 2.24) is 4.98 Å². The van der Waals surface area contributed by atoms with Gasteiger partial charge in [0.2, 0.25) is 0 Å². The molecule has 0 amide bonds. The van der Waals surface area contributed by atoms with E-state index in [1.165, 1.54) is 19.5 Å². The lowest BCUT2D eigenvalue weighted by Crippen LogP contribution is -1.98. The van der Waals surface area contributed by atoms with Crippen molar-refractivity contribution in [3.8, 4) is 5.75 Å². The van der Waals surface area contributed by atoms with Crippen molar-refractivity contribution in [1.29, 1.82) is 0 Å². The van der Waals surface area contributed by atoms with Crippen molar-refractivity contribution in [2.45, 2.75) is 11.8 Å². The summed E-state index contributed by atoms with van der Waals surface area (Å²) >= 11 is 3.11. The third kappa shape index (κ3) is 2.15. The van der Waals surface area contributed by atoms with Gasteiger partial charge in [-0.15, -0.1) is 0 Å². The average Bonchev–Trinajstić information content (AvgIpc) is 2.16.